The van der Waals surface area contributed by atoms with Crippen LogP contribution in [0, 0.1) is 0 Å². The molecule has 0 saturated heterocycles. The molecule has 4 rings (SSSR count). The largest absolute Gasteiger partial charge is 0.497 e. The Bertz CT molecular complexity index is 1170. The van der Waals surface area contributed by atoms with Gasteiger partial charge >= 0.3 is 5.97 Å². The Kier molecular flexibility index (Phi) is 6.51. The second kappa shape index (κ2) is 9.33. The van der Waals surface area contributed by atoms with Gasteiger partial charge in [-0.05, 0) is 53.1 Å². The standard InChI is InChI=1S/C26H29NO4S/c1-26(11-13-32-17-26)20-6-8-23-22(14-20)19(5-9-25(28)29)16-27(23)12-10-18-4-7-21(30-2)15-24(18)31-3/h4,6-8,11,13-16H,5,9-10,12,17H2,1-3H3,(H,28,29). The average molecular weight is 452 g/mol. The molecule has 1 aliphatic rings. The molecule has 1 unspecified atom stereocenters. The Morgan fingerprint density at radius 3 is 2.66 bits per heavy atom. The summed E-state index contributed by atoms with van der Waals surface area (Å²) in [6.07, 6.45) is 5.84. The molecule has 0 fully saturated rings. The van der Waals surface area contributed by atoms with Crippen molar-refractivity contribution in [2.45, 2.75) is 38.1 Å². The van der Waals surface area contributed by atoms with Gasteiger partial charge in [-0.15, -0.1) is 11.8 Å². The lowest BCUT2D eigenvalue weighted by Crippen LogP contribution is -2.19. The van der Waals surface area contributed by atoms with Crippen molar-refractivity contribution in [3.05, 3.63) is 70.8 Å². The van der Waals surface area contributed by atoms with Crippen LogP contribution < -0.4 is 9.47 Å². The van der Waals surface area contributed by atoms with E-state index >= 15 is 0 Å². The molecule has 32 heavy (non-hydrogen) atoms. The number of fused-ring (bicyclic) bond motifs is 1. The number of methoxy groups -OCH3 is 2. The maximum atomic E-state index is 11.2. The molecule has 1 aromatic heterocycles. The zero-order valence-corrected chi connectivity index (χ0v) is 19.6. The van der Waals surface area contributed by atoms with Crippen LogP contribution in [0.2, 0.25) is 0 Å². The van der Waals surface area contributed by atoms with E-state index in [1.54, 1.807) is 14.2 Å². The summed E-state index contributed by atoms with van der Waals surface area (Å²) in [5, 5.41) is 12.6. The molecule has 0 saturated carbocycles. The molecule has 2 heterocycles. The van der Waals surface area contributed by atoms with Crippen LogP contribution in [0.5, 0.6) is 11.5 Å². The summed E-state index contributed by atoms with van der Waals surface area (Å²) < 4.78 is 13.1. The predicted octanol–water partition coefficient (Wildman–Crippen LogP) is 5.44. The molecule has 0 bridgehead atoms. The van der Waals surface area contributed by atoms with Crippen molar-refractivity contribution in [2.24, 2.45) is 0 Å². The number of thioether (sulfide) groups is 1. The maximum Gasteiger partial charge on any atom is 0.303 e. The van der Waals surface area contributed by atoms with Crippen LogP contribution in [0.3, 0.4) is 0 Å². The van der Waals surface area contributed by atoms with E-state index in [-0.39, 0.29) is 11.8 Å². The SMILES string of the molecule is COc1ccc(CCn2cc(CCC(=O)O)c3cc(C4(C)C=CSC4)ccc32)c(OC)c1. The minimum atomic E-state index is -0.771. The minimum absolute atomic E-state index is 0.0154. The maximum absolute atomic E-state index is 11.2. The highest BCUT2D eigenvalue weighted by Crippen LogP contribution is 2.38. The molecule has 6 heteroatoms. The summed E-state index contributed by atoms with van der Waals surface area (Å²) in [7, 11) is 3.32. The molecule has 0 amide bonds. The van der Waals surface area contributed by atoms with Gasteiger partial charge < -0.3 is 19.1 Å². The van der Waals surface area contributed by atoms with E-state index in [9.17, 15) is 9.90 Å². The van der Waals surface area contributed by atoms with Crippen LogP contribution in [0.15, 0.2) is 54.1 Å². The van der Waals surface area contributed by atoms with Crippen molar-refractivity contribution >= 4 is 28.6 Å². The normalized spacial score (nSPS) is 17.7. The number of ether oxygens (including phenoxy) is 2. The van der Waals surface area contributed by atoms with Crippen LogP contribution in [-0.4, -0.2) is 35.6 Å². The number of aryl methyl sites for hydroxylation is 3. The minimum Gasteiger partial charge on any atom is -0.497 e. The first-order valence-corrected chi connectivity index (χ1v) is 11.8. The van der Waals surface area contributed by atoms with Crippen LogP contribution in [0.1, 0.15) is 30.0 Å². The van der Waals surface area contributed by atoms with Crippen molar-refractivity contribution in [1.82, 2.24) is 4.57 Å². The third-order valence-corrected chi connectivity index (χ3v) is 7.36. The van der Waals surface area contributed by atoms with Gasteiger partial charge in [-0.3, -0.25) is 4.79 Å². The zero-order chi connectivity index (χ0) is 22.7. The molecule has 5 nitrogen and oxygen atoms in total. The predicted molar refractivity (Wildman–Crippen MR) is 130 cm³/mol. The molecule has 168 valence electrons. The molecule has 3 aromatic rings. The summed E-state index contributed by atoms with van der Waals surface area (Å²) in [6, 6.07) is 12.5. The second-order valence-electron chi connectivity index (χ2n) is 8.43. The van der Waals surface area contributed by atoms with Gasteiger partial charge in [-0.1, -0.05) is 25.1 Å². The summed E-state index contributed by atoms with van der Waals surface area (Å²) in [6.45, 7) is 3.03. The smallest absolute Gasteiger partial charge is 0.303 e. The van der Waals surface area contributed by atoms with Gasteiger partial charge in [0, 0.05) is 47.3 Å². The number of aromatic nitrogens is 1. The molecule has 0 spiro atoms. The monoisotopic (exact) mass is 451 g/mol. The van der Waals surface area contributed by atoms with E-state index in [0.29, 0.717) is 6.42 Å². The summed E-state index contributed by atoms with van der Waals surface area (Å²) in [5.74, 6) is 1.84. The molecule has 1 atom stereocenters. The van der Waals surface area contributed by atoms with E-state index in [1.165, 1.54) is 5.56 Å². The van der Waals surface area contributed by atoms with Crippen molar-refractivity contribution in [1.29, 1.82) is 0 Å². The number of nitrogens with zero attached hydrogens (tertiary/aromatic N) is 1. The molecule has 0 radical (unpaired) electrons. The lowest BCUT2D eigenvalue weighted by Gasteiger charge is -2.22. The number of carbonyl (C=O) groups is 1. The van der Waals surface area contributed by atoms with E-state index < -0.39 is 5.97 Å². The Morgan fingerprint density at radius 2 is 1.97 bits per heavy atom. The fraction of sp³-hybridized carbons (Fsp3) is 0.346. The number of benzene rings is 2. The summed E-state index contributed by atoms with van der Waals surface area (Å²) >= 11 is 1.83. The van der Waals surface area contributed by atoms with Crippen molar-refractivity contribution < 1.29 is 19.4 Å². The number of carboxylic acids is 1. The Hall–Kier alpha value is -2.86. The van der Waals surface area contributed by atoms with Gasteiger partial charge in [-0.2, -0.15) is 0 Å². The van der Waals surface area contributed by atoms with Gasteiger partial charge in [0.2, 0.25) is 0 Å². The number of aliphatic carboxylic acids is 1. The number of hydrogen-bond acceptors (Lipinski definition) is 4. The van der Waals surface area contributed by atoms with Crippen molar-refractivity contribution in [3.8, 4) is 11.5 Å². The first-order chi connectivity index (χ1) is 15.4. The number of allylic oxidation sites excluding steroid dienone is 1. The Labute approximate surface area is 193 Å². The van der Waals surface area contributed by atoms with Crippen LogP contribution in [0.25, 0.3) is 10.9 Å². The topological polar surface area (TPSA) is 60.7 Å². The van der Waals surface area contributed by atoms with Crippen LogP contribution in [0.4, 0.5) is 0 Å². The summed E-state index contributed by atoms with van der Waals surface area (Å²) in [5.41, 5.74) is 4.63. The molecule has 2 aromatic carbocycles. The van der Waals surface area contributed by atoms with E-state index in [0.717, 1.165) is 52.2 Å². The first kappa shape index (κ1) is 22.3. The van der Waals surface area contributed by atoms with Gasteiger partial charge in [0.1, 0.15) is 11.5 Å². The fourth-order valence-electron chi connectivity index (χ4n) is 4.30. The average Bonchev–Trinajstić information content (AvgIpc) is 3.40. The van der Waals surface area contributed by atoms with Crippen LogP contribution >= 0.6 is 11.8 Å². The van der Waals surface area contributed by atoms with Crippen LogP contribution in [-0.2, 0) is 29.6 Å². The third kappa shape index (κ3) is 4.51. The fourth-order valence-corrected chi connectivity index (χ4v) is 5.40. The van der Waals surface area contributed by atoms with Crippen molar-refractivity contribution in [2.75, 3.05) is 20.0 Å². The molecule has 0 aliphatic carbocycles. The van der Waals surface area contributed by atoms with Gasteiger partial charge in [-0.25, -0.2) is 0 Å². The third-order valence-electron chi connectivity index (χ3n) is 6.26. The number of rotatable bonds is 9. The molecule has 1 N–H and O–H groups in total. The molecular weight excluding hydrogens is 422 g/mol. The van der Waals surface area contributed by atoms with Gasteiger partial charge in [0.05, 0.1) is 14.2 Å². The Morgan fingerprint density at radius 1 is 1.12 bits per heavy atom. The highest BCUT2D eigenvalue weighted by molar-refractivity contribution is 8.02. The number of hydrogen-bond donors (Lipinski definition) is 1. The summed E-state index contributed by atoms with van der Waals surface area (Å²) in [4.78, 5) is 11.2. The Balaban J connectivity index is 1.66. The zero-order valence-electron chi connectivity index (χ0n) is 18.8. The van der Waals surface area contributed by atoms with Crippen molar-refractivity contribution in [3.63, 3.8) is 0 Å². The van der Waals surface area contributed by atoms with Gasteiger partial charge in [0.15, 0.2) is 0 Å². The lowest BCUT2D eigenvalue weighted by molar-refractivity contribution is -0.136. The molecular formula is C26H29NO4S. The highest BCUT2D eigenvalue weighted by Gasteiger charge is 2.27. The lowest BCUT2D eigenvalue weighted by atomic mass is 9.84. The van der Waals surface area contributed by atoms with E-state index in [1.807, 2.05) is 30.0 Å². The highest BCUT2D eigenvalue weighted by atomic mass is 32.2. The number of carboxylic acid groups (broad SMARTS) is 1. The quantitative estimate of drug-likeness (QED) is 0.470. The van der Waals surface area contributed by atoms with E-state index in [4.69, 9.17) is 9.47 Å². The first-order valence-electron chi connectivity index (χ1n) is 10.8. The molecule has 1 aliphatic heterocycles. The van der Waals surface area contributed by atoms with Gasteiger partial charge in [0.25, 0.3) is 0 Å². The second-order valence-corrected chi connectivity index (χ2v) is 9.33. The van der Waals surface area contributed by atoms with E-state index in [2.05, 4.69) is 47.4 Å².